The van der Waals surface area contributed by atoms with Crippen LogP contribution in [0.1, 0.15) is 44.1 Å². The number of carbonyl (C=O) groups excluding carboxylic acids is 1. The van der Waals surface area contributed by atoms with Crippen molar-refractivity contribution in [2.45, 2.75) is 57.1 Å². The van der Waals surface area contributed by atoms with Crippen molar-refractivity contribution in [3.05, 3.63) is 35.9 Å². The molecular weight excluding hydrogens is 262 g/mol. The third-order valence-corrected chi connectivity index (χ3v) is 4.55. The van der Waals surface area contributed by atoms with E-state index in [2.05, 4.69) is 29.6 Å². The average Bonchev–Trinajstić information content (AvgIpc) is 3.22. The average molecular weight is 287 g/mol. The van der Waals surface area contributed by atoms with Gasteiger partial charge >= 0.3 is 0 Å². The van der Waals surface area contributed by atoms with Gasteiger partial charge in [0.1, 0.15) is 0 Å². The van der Waals surface area contributed by atoms with Gasteiger partial charge in [0.05, 0.1) is 6.10 Å². The zero-order valence-electron chi connectivity index (χ0n) is 12.6. The first-order valence-corrected chi connectivity index (χ1v) is 8.26. The van der Waals surface area contributed by atoms with Crippen molar-refractivity contribution in [3.8, 4) is 0 Å². The van der Waals surface area contributed by atoms with Gasteiger partial charge in [-0.15, -0.1) is 0 Å². The minimum absolute atomic E-state index is 0.193. The number of hydrogen-bond acceptors (Lipinski definition) is 2. The highest BCUT2D eigenvalue weighted by Crippen LogP contribution is 2.34. The van der Waals surface area contributed by atoms with E-state index in [1.165, 1.54) is 18.4 Å². The van der Waals surface area contributed by atoms with Crippen LogP contribution in [0.15, 0.2) is 30.3 Å². The number of hydrogen-bond donors (Lipinski definition) is 1. The minimum Gasteiger partial charge on any atom is -0.378 e. The van der Waals surface area contributed by atoms with Crippen LogP contribution < -0.4 is 5.32 Å². The van der Waals surface area contributed by atoms with Crippen LogP contribution in [-0.2, 0) is 16.0 Å². The fourth-order valence-electron chi connectivity index (χ4n) is 3.15. The summed E-state index contributed by atoms with van der Waals surface area (Å²) < 4.78 is 5.58. The van der Waals surface area contributed by atoms with Crippen LogP contribution in [0.25, 0.3) is 0 Å². The van der Waals surface area contributed by atoms with Gasteiger partial charge in [-0.1, -0.05) is 30.3 Å². The molecule has 21 heavy (non-hydrogen) atoms. The molecule has 3 rings (SSSR count). The lowest BCUT2D eigenvalue weighted by Gasteiger charge is -2.19. The topological polar surface area (TPSA) is 38.3 Å². The van der Waals surface area contributed by atoms with Crippen molar-refractivity contribution in [2.24, 2.45) is 5.92 Å². The van der Waals surface area contributed by atoms with E-state index >= 15 is 0 Å². The second-order valence-corrected chi connectivity index (χ2v) is 6.37. The number of amides is 1. The maximum Gasteiger partial charge on any atom is 0.220 e. The van der Waals surface area contributed by atoms with Crippen LogP contribution >= 0.6 is 0 Å². The molecule has 1 heterocycles. The molecule has 3 nitrogen and oxygen atoms in total. The van der Waals surface area contributed by atoms with Crippen LogP contribution in [0.4, 0.5) is 0 Å². The van der Waals surface area contributed by atoms with Crippen molar-refractivity contribution in [2.75, 3.05) is 6.61 Å². The molecule has 1 aromatic carbocycles. The second-order valence-electron chi connectivity index (χ2n) is 6.37. The summed E-state index contributed by atoms with van der Waals surface area (Å²) in [5.74, 6) is 0.871. The first kappa shape index (κ1) is 14.6. The van der Waals surface area contributed by atoms with E-state index < -0.39 is 0 Å². The van der Waals surface area contributed by atoms with E-state index in [-0.39, 0.29) is 5.91 Å². The normalized spacial score (nSPS) is 23.0. The summed E-state index contributed by atoms with van der Waals surface area (Å²) in [6.07, 6.45) is 7.50. The van der Waals surface area contributed by atoms with Crippen molar-refractivity contribution < 1.29 is 9.53 Å². The van der Waals surface area contributed by atoms with Gasteiger partial charge in [0.15, 0.2) is 0 Å². The molecule has 0 spiro atoms. The number of rotatable bonds is 7. The summed E-state index contributed by atoms with van der Waals surface area (Å²) in [6.45, 7) is 0.866. The van der Waals surface area contributed by atoms with Gasteiger partial charge in [-0.2, -0.15) is 0 Å². The minimum atomic E-state index is 0.193. The first-order valence-electron chi connectivity index (χ1n) is 8.26. The number of nitrogens with one attached hydrogen (secondary N) is 1. The Balaban J connectivity index is 1.46. The molecule has 0 aromatic heterocycles. The largest absolute Gasteiger partial charge is 0.378 e. The fourth-order valence-corrected chi connectivity index (χ4v) is 3.15. The van der Waals surface area contributed by atoms with Crippen molar-refractivity contribution in [3.63, 3.8) is 0 Å². The van der Waals surface area contributed by atoms with E-state index in [9.17, 15) is 4.79 Å². The van der Waals surface area contributed by atoms with E-state index in [1.807, 2.05) is 6.07 Å². The van der Waals surface area contributed by atoms with Gasteiger partial charge < -0.3 is 10.1 Å². The van der Waals surface area contributed by atoms with Crippen LogP contribution in [0.3, 0.4) is 0 Å². The molecule has 3 heteroatoms. The molecule has 1 aromatic rings. The van der Waals surface area contributed by atoms with Crippen molar-refractivity contribution in [1.82, 2.24) is 5.32 Å². The fraction of sp³-hybridized carbons (Fsp3) is 0.611. The molecule has 1 saturated heterocycles. The molecule has 114 valence electrons. The lowest BCUT2D eigenvalue weighted by molar-refractivity contribution is -0.122. The molecule has 1 saturated carbocycles. The Morgan fingerprint density at radius 1 is 1.24 bits per heavy atom. The zero-order chi connectivity index (χ0) is 14.5. The number of carbonyl (C=O) groups is 1. The molecule has 0 radical (unpaired) electrons. The second kappa shape index (κ2) is 7.08. The Bertz CT molecular complexity index is 450. The van der Waals surface area contributed by atoms with E-state index in [4.69, 9.17) is 4.74 Å². The molecule has 1 amide bonds. The summed E-state index contributed by atoms with van der Waals surface area (Å²) in [5.41, 5.74) is 1.31. The summed E-state index contributed by atoms with van der Waals surface area (Å²) in [4.78, 5) is 12.2. The van der Waals surface area contributed by atoms with Crippen LogP contribution in [0.5, 0.6) is 0 Å². The Kier molecular flexibility index (Phi) is 4.91. The Labute approximate surface area is 127 Å². The zero-order valence-corrected chi connectivity index (χ0v) is 12.6. The summed E-state index contributed by atoms with van der Waals surface area (Å²) in [5, 5.41) is 3.26. The molecule has 1 aliphatic heterocycles. The predicted molar refractivity (Wildman–Crippen MR) is 83.0 cm³/mol. The summed E-state index contributed by atoms with van der Waals surface area (Å²) >= 11 is 0. The smallest absolute Gasteiger partial charge is 0.220 e. The van der Waals surface area contributed by atoms with E-state index in [0.717, 1.165) is 32.3 Å². The van der Waals surface area contributed by atoms with Gasteiger partial charge in [-0.05, 0) is 50.0 Å². The van der Waals surface area contributed by atoms with Gasteiger partial charge in [-0.3, -0.25) is 4.79 Å². The lowest BCUT2D eigenvalue weighted by Crippen LogP contribution is -2.38. The lowest BCUT2D eigenvalue weighted by atomic mass is 10.0. The highest BCUT2D eigenvalue weighted by Gasteiger charge is 2.32. The quantitative estimate of drug-likeness (QED) is 0.837. The number of benzene rings is 1. The highest BCUT2D eigenvalue weighted by atomic mass is 16.5. The highest BCUT2D eigenvalue weighted by molar-refractivity contribution is 5.76. The van der Waals surface area contributed by atoms with Gasteiger partial charge in [0.25, 0.3) is 0 Å². The van der Waals surface area contributed by atoms with E-state index in [1.54, 1.807) is 0 Å². The van der Waals surface area contributed by atoms with Crippen LogP contribution in [0, 0.1) is 5.92 Å². The van der Waals surface area contributed by atoms with Crippen molar-refractivity contribution >= 4 is 5.91 Å². The third kappa shape index (κ3) is 4.57. The number of ether oxygens (including phenoxy) is 1. The maximum atomic E-state index is 12.2. The summed E-state index contributed by atoms with van der Waals surface area (Å²) in [7, 11) is 0. The Morgan fingerprint density at radius 2 is 2.05 bits per heavy atom. The van der Waals surface area contributed by atoms with Crippen molar-refractivity contribution in [1.29, 1.82) is 0 Å². The SMILES string of the molecule is O=C(CC[C@H]1CCCO1)N[C@H](Cc1ccccc1)C1CC1. The van der Waals surface area contributed by atoms with Crippen LogP contribution in [-0.4, -0.2) is 24.7 Å². The molecule has 2 aliphatic rings. The third-order valence-electron chi connectivity index (χ3n) is 4.55. The van der Waals surface area contributed by atoms with Gasteiger partial charge in [0, 0.05) is 19.1 Å². The van der Waals surface area contributed by atoms with Gasteiger partial charge in [0.2, 0.25) is 5.91 Å². The Hall–Kier alpha value is -1.35. The molecule has 0 unspecified atom stereocenters. The first-order chi connectivity index (χ1) is 10.3. The summed E-state index contributed by atoms with van der Waals surface area (Å²) in [6, 6.07) is 10.8. The molecule has 2 fully saturated rings. The molecule has 0 bridgehead atoms. The van der Waals surface area contributed by atoms with Gasteiger partial charge in [-0.25, -0.2) is 0 Å². The molecule has 1 N–H and O–H groups in total. The van der Waals surface area contributed by atoms with Crippen LogP contribution in [0.2, 0.25) is 0 Å². The monoisotopic (exact) mass is 287 g/mol. The molecule has 1 aliphatic carbocycles. The molecule has 2 atom stereocenters. The van der Waals surface area contributed by atoms with E-state index in [0.29, 0.717) is 24.5 Å². The predicted octanol–water partition coefficient (Wildman–Crippen LogP) is 3.08. The molecular formula is C18H25NO2. The Morgan fingerprint density at radius 3 is 2.71 bits per heavy atom. The standard InChI is InChI=1S/C18H25NO2/c20-18(11-10-16-7-4-12-21-16)19-17(15-8-9-15)13-14-5-2-1-3-6-14/h1-3,5-6,15-17H,4,7-13H2,(H,19,20)/t16-,17-/m1/s1. The maximum absolute atomic E-state index is 12.2.